The zero-order valence-electron chi connectivity index (χ0n) is 14.2. The summed E-state index contributed by atoms with van der Waals surface area (Å²) in [6.07, 6.45) is 0. The maximum absolute atomic E-state index is 12.5. The second kappa shape index (κ2) is 8.51. The molecular weight excluding hydrogens is 396 g/mol. The maximum atomic E-state index is 12.5. The summed E-state index contributed by atoms with van der Waals surface area (Å²) in [6.45, 7) is 0. The van der Waals surface area contributed by atoms with Crippen molar-refractivity contribution in [3.63, 3.8) is 0 Å². The van der Waals surface area contributed by atoms with E-state index in [9.17, 15) is 4.79 Å². The molecule has 0 radical (unpaired) electrons. The van der Waals surface area contributed by atoms with E-state index in [-0.39, 0.29) is 17.7 Å². The molecule has 5 nitrogen and oxygen atoms in total. The monoisotopic (exact) mass is 412 g/mol. The zero-order chi connectivity index (χ0) is 18.5. The van der Waals surface area contributed by atoms with E-state index in [0.29, 0.717) is 5.16 Å². The first kappa shape index (κ1) is 18.0. The van der Waals surface area contributed by atoms with Gasteiger partial charge in [-0.3, -0.25) is 9.89 Å². The van der Waals surface area contributed by atoms with E-state index >= 15 is 0 Å². The fourth-order valence-electron chi connectivity index (χ4n) is 2.59. The number of hydrogen-bond acceptors (Lipinski definition) is 6. The molecule has 0 bridgehead atoms. The number of amides is 1. The smallest absolute Gasteiger partial charge is 0.231 e. The highest BCUT2D eigenvalue weighted by Gasteiger charge is 2.18. The summed E-state index contributed by atoms with van der Waals surface area (Å²) in [7, 11) is 0. The summed E-state index contributed by atoms with van der Waals surface area (Å²) in [5.41, 5.74) is 1.07. The molecular formula is C19H16N4OS3. The molecule has 0 aliphatic rings. The second-order valence-electron chi connectivity index (χ2n) is 5.66. The number of hydrogen-bond donors (Lipinski definition) is 2. The Kier molecular flexibility index (Phi) is 5.66. The van der Waals surface area contributed by atoms with Crippen molar-refractivity contribution in [1.29, 1.82) is 0 Å². The lowest BCUT2D eigenvalue weighted by Gasteiger charge is -2.17. The molecule has 1 unspecified atom stereocenters. The van der Waals surface area contributed by atoms with Gasteiger partial charge in [-0.2, -0.15) is 0 Å². The SMILES string of the molecule is O=C(CSc1n[nH]c(-c2cccs2)n1)NC(c1ccccc1)c1cccs1. The Balaban J connectivity index is 1.40. The molecule has 0 saturated carbocycles. The van der Waals surface area contributed by atoms with Crippen LogP contribution in [-0.4, -0.2) is 26.8 Å². The quantitative estimate of drug-likeness (QED) is 0.436. The normalized spacial score (nSPS) is 12.0. The molecule has 0 aliphatic heterocycles. The van der Waals surface area contributed by atoms with Crippen molar-refractivity contribution >= 4 is 40.3 Å². The Morgan fingerprint density at radius 3 is 2.63 bits per heavy atom. The topological polar surface area (TPSA) is 70.7 Å². The fraction of sp³-hybridized carbons (Fsp3) is 0.105. The van der Waals surface area contributed by atoms with E-state index in [4.69, 9.17) is 0 Å². The van der Waals surface area contributed by atoms with E-state index in [1.54, 1.807) is 22.7 Å². The third kappa shape index (κ3) is 4.47. The molecule has 0 saturated heterocycles. The van der Waals surface area contributed by atoms with E-state index in [1.165, 1.54) is 11.8 Å². The molecule has 3 heterocycles. The van der Waals surface area contributed by atoms with Crippen molar-refractivity contribution in [3.8, 4) is 10.7 Å². The van der Waals surface area contributed by atoms with Gasteiger partial charge in [0.25, 0.3) is 0 Å². The van der Waals surface area contributed by atoms with E-state index in [1.807, 2.05) is 65.4 Å². The van der Waals surface area contributed by atoms with Gasteiger partial charge in [-0.25, -0.2) is 4.98 Å². The maximum Gasteiger partial charge on any atom is 0.231 e. The Morgan fingerprint density at radius 2 is 1.89 bits per heavy atom. The van der Waals surface area contributed by atoms with Crippen LogP contribution in [0.2, 0.25) is 0 Å². The van der Waals surface area contributed by atoms with E-state index < -0.39 is 0 Å². The Bertz CT molecular complexity index is 981. The van der Waals surface area contributed by atoms with Gasteiger partial charge in [0.1, 0.15) is 0 Å². The standard InChI is InChI=1S/C19H16N4OS3/c24-16(12-27-19-21-18(22-23-19)15-9-5-11-26-15)20-17(14-8-4-10-25-14)13-6-2-1-3-7-13/h1-11,17H,12H2,(H,20,24)(H,21,22,23). The largest absolute Gasteiger partial charge is 0.344 e. The lowest BCUT2D eigenvalue weighted by molar-refractivity contribution is -0.119. The number of thioether (sulfide) groups is 1. The Morgan fingerprint density at radius 1 is 1.07 bits per heavy atom. The molecule has 27 heavy (non-hydrogen) atoms. The van der Waals surface area contributed by atoms with Crippen molar-refractivity contribution in [1.82, 2.24) is 20.5 Å². The zero-order valence-corrected chi connectivity index (χ0v) is 16.6. The van der Waals surface area contributed by atoms with E-state index in [2.05, 4.69) is 20.5 Å². The van der Waals surface area contributed by atoms with E-state index in [0.717, 1.165) is 21.1 Å². The van der Waals surface area contributed by atoms with Crippen LogP contribution in [0.5, 0.6) is 0 Å². The van der Waals surface area contributed by atoms with Crippen LogP contribution in [0.15, 0.2) is 70.5 Å². The summed E-state index contributed by atoms with van der Waals surface area (Å²) in [5.74, 6) is 0.939. The molecule has 1 amide bonds. The third-order valence-corrected chi connectivity index (χ3v) is 6.48. The third-order valence-electron chi connectivity index (χ3n) is 3.82. The predicted molar refractivity (Wildman–Crippen MR) is 111 cm³/mol. The van der Waals surface area contributed by atoms with Gasteiger partial charge >= 0.3 is 0 Å². The summed E-state index contributed by atoms with van der Waals surface area (Å²) < 4.78 is 0. The molecule has 1 aromatic carbocycles. The number of thiophene rings is 2. The van der Waals surface area contributed by atoms with Gasteiger partial charge in [-0.1, -0.05) is 54.2 Å². The number of H-pyrrole nitrogens is 1. The highest BCUT2D eigenvalue weighted by Crippen LogP contribution is 2.27. The van der Waals surface area contributed by atoms with Crippen molar-refractivity contribution in [2.45, 2.75) is 11.2 Å². The minimum absolute atomic E-state index is 0.0512. The first-order valence-corrected chi connectivity index (χ1v) is 11.0. The van der Waals surface area contributed by atoms with Gasteiger partial charge in [-0.15, -0.1) is 27.8 Å². The minimum Gasteiger partial charge on any atom is -0.344 e. The highest BCUT2D eigenvalue weighted by molar-refractivity contribution is 7.99. The molecule has 136 valence electrons. The molecule has 2 N–H and O–H groups in total. The van der Waals surface area contributed by atoms with Crippen molar-refractivity contribution < 1.29 is 4.79 Å². The number of aromatic amines is 1. The van der Waals surface area contributed by atoms with Crippen LogP contribution in [0, 0.1) is 0 Å². The van der Waals surface area contributed by atoms with Gasteiger partial charge in [-0.05, 0) is 28.5 Å². The van der Waals surface area contributed by atoms with Crippen molar-refractivity contribution in [2.75, 3.05) is 5.75 Å². The number of rotatable bonds is 7. The molecule has 4 aromatic rings. The minimum atomic E-state index is -0.145. The average Bonchev–Trinajstić information content (AvgIpc) is 3.47. The van der Waals surface area contributed by atoms with Gasteiger partial charge in [0.15, 0.2) is 5.82 Å². The summed E-state index contributed by atoms with van der Waals surface area (Å²) >= 11 is 4.55. The van der Waals surface area contributed by atoms with Crippen LogP contribution >= 0.6 is 34.4 Å². The first-order valence-electron chi connectivity index (χ1n) is 8.26. The number of carbonyl (C=O) groups is 1. The molecule has 0 fully saturated rings. The van der Waals surface area contributed by atoms with Crippen LogP contribution in [0.25, 0.3) is 10.7 Å². The van der Waals surface area contributed by atoms with Crippen LogP contribution in [0.1, 0.15) is 16.5 Å². The fourth-order valence-corrected chi connectivity index (χ4v) is 4.66. The molecule has 3 aromatic heterocycles. The van der Waals surface area contributed by atoms with Crippen molar-refractivity contribution in [2.24, 2.45) is 0 Å². The van der Waals surface area contributed by atoms with Crippen LogP contribution in [-0.2, 0) is 4.79 Å². The second-order valence-corrected chi connectivity index (χ2v) is 8.53. The van der Waals surface area contributed by atoms with Gasteiger partial charge < -0.3 is 5.32 Å². The van der Waals surface area contributed by atoms with Gasteiger partial charge in [0.05, 0.1) is 16.7 Å². The lowest BCUT2D eigenvalue weighted by atomic mass is 10.1. The molecule has 4 rings (SSSR count). The number of nitrogens with zero attached hydrogens (tertiary/aromatic N) is 2. The Labute approximate surface area is 168 Å². The van der Waals surface area contributed by atoms with Crippen molar-refractivity contribution in [3.05, 3.63) is 75.8 Å². The molecule has 0 spiro atoms. The summed E-state index contributed by atoms with van der Waals surface area (Å²) in [6, 6.07) is 17.8. The number of carbonyl (C=O) groups excluding carboxylic acids is 1. The summed E-state index contributed by atoms with van der Waals surface area (Å²) in [5, 5.41) is 14.8. The number of nitrogens with one attached hydrogen (secondary N) is 2. The highest BCUT2D eigenvalue weighted by atomic mass is 32.2. The molecule has 8 heteroatoms. The predicted octanol–water partition coefficient (Wildman–Crippen LogP) is 4.59. The summed E-state index contributed by atoms with van der Waals surface area (Å²) in [4.78, 5) is 19.1. The number of aromatic nitrogens is 3. The van der Waals surface area contributed by atoms with Gasteiger partial charge in [0.2, 0.25) is 11.1 Å². The Hall–Kier alpha value is -2.42. The number of benzene rings is 1. The van der Waals surface area contributed by atoms with Crippen LogP contribution in [0.4, 0.5) is 0 Å². The van der Waals surface area contributed by atoms with Crippen LogP contribution in [0.3, 0.4) is 0 Å². The lowest BCUT2D eigenvalue weighted by Crippen LogP contribution is -2.30. The van der Waals surface area contributed by atoms with Crippen LogP contribution < -0.4 is 5.32 Å². The molecule has 0 aliphatic carbocycles. The van der Waals surface area contributed by atoms with Gasteiger partial charge in [0, 0.05) is 4.88 Å². The average molecular weight is 413 g/mol. The molecule has 1 atom stereocenters. The first-order chi connectivity index (χ1) is 13.3.